The lowest BCUT2D eigenvalue weighted by atomic mass is 9.95. The van der Waals surface area contributed by atoms with Crippen LogP contribution in [-0.2, 0) is 4.43 Å². The van der Waals surface area contributed by atoms with E-state index in [1.54, 1.807) is 0 Å². The molecule has 2 saturated carbocycles. The predicted octanol–water partition coefficient (Wildman–Crippen LogP) is 4.34. The van der Waals surface area contributed by atoms with Crippen LogP contribution >= 0.6 is 0 Å². The molecule has 0 bridgehead atoms. The van der Waals surface area contributed by atoms with E-state index in [0.717, 1.165) is 12.8 Å². The molecule has 0 unspecified atom stereocenters. The summed E-state index contributed by atoms with van der Waals surface area (Å²) in [5.41, 5.74) is 1.99. The monoisotopic (exact) mass is 284 g/mol. The van der Waals surface area contributed by atoms with Crippen LogP contribution in [0.15, 0.2) is 0 Å². The first-order valence-corrected chi connectivity index (χ1v) is 10.3. The number of hydrogen-bond donors (Lipinski definition) is 1. The Morgan fingerprint density at radius 3 is 1.89 bits per heavy atom. The van der Waals surface area contributed by atoms with Crippen molar-refractivity contribution in [1.29, 1.82) is 0 Å². The molecule has 0 heterocycles. The van der Waals surface area contributed by atoms with E-state index in [9.17, 15) is 5.11 Å². The molecular formula is C16H32O2Si. The van der Waals surface area contributed by atoms with Gasteiger partial charge in [0, 0.05) is 6.10 Å². The van der Waals surface area contributed by atoms with Crippen molar-refractivity contribution in [2.45, 2.75) is 89.6 Å². The fourth-order valence-corrected chi connectivity index (χ4v) is 10.3. The topological polar surface area (TPSA) is 29.5 Å². The maximum absolute atomic E-state index is 9.92. The Kier molecular flexibility index (Phi) is 4.49. The number of hydrogen-bond acceptors (Lipinski definition) is 2. The quantitative estimate of drug-likeness (QED) is 0.761. The van der Waals surface area contributed by atoms with Gasteiger partial charge < -0.3 is 9.53 Å². The van der Waals surface area contributed by atoms with Crippen LogP contribution in [0.3, 0.4) is 0 Å². The van der Waals surface area contributed by atoms with E-state index in [2.05, 4.69) is 41.5 Å². The van der Waals surface area contributed by atoms with Gasteiger partial charge in [0.15, 0.2) is 0 Å². The van der Waals surface area contributed by atoms with Crippen molar-refractivity contribution in [2.24, 2.45) is 11.8 Å². The van der Waals surface area contributed by atoms with Gasteiger partial charge in [-0.1, -0.05) is 41.5 Å². The van der Waals surface area contributed by atoms with E-state index in [1.165, 1.54) is 6.42 Å². The smallest absolute Gasteiger partial charge is 0.200 e. The van der Waals surface area contributed by atoms with Gasteiger partial charge in [-0.05, 0) is 47.7 Å². The Morgan fingerprint density at radius 1 is 0.895 bits per heavy atom. The zero-order valence-electron chi connectivity index (χ0n) is 13.5. The first kappa shape index (κ1) is 15.5. The molecular weight excluding hydrogens is 252 g/mol. The number of rotatable bonds is 5. The van der Waals surface area contributed by atoms with Gasteiger partial charge in [0.25, 0.3) is 0 Å². The minimum atomic E-state index is -1.73. The first-order valence-electron chi connectivity index (χ1n) is 8.16. The molecule has 1 N–H and O–H groups in total. The van der Waals surface area contributed by atoms with Gasteiger partial charge in [0.2, 0.25) is 8.32 Å². The summed E-state index contributed by atoms with van der Waals surface area (Å²) in [5, 5.41) is 9.92. The van der Waals surface area contributed by atoms with Gasteiger partial charge in [-0.15, -0.1) is 0 Å². The van der Waals surface area contributed by atoms with Gasteiger partial charge in [-0.3, -0.25) is 0 Å². The average Bonchev–Trinajstić information content (AvgIpc) is 3.07. The summed E-state index contributed by atoms with van der Waals surface area (Å²) in [7, 11) is -1.73. The molecule has 2 aliphatic rings. The van der Waals surface area contributed by atoms with E-state index in [1.807, 2.05) is 0 Å². The molecule has 2 nitrogen and oxygen atoms in total. The normalized spacial score (nSPS) is 35.1. The third-order valence-corrected chi connectivity index (χ3v) is 11.8. The number of aliphatic hydroxyl groups is 1. The molecule has 112 valence electrons. The Bertz CT molecular complexity index is 292. The number of fused-ring (bicyclic) bond motifs is 1. The summed E-state index contributed by atoms with van der Waals surface area (Å²) in [6, 6.07) is 0. The molecule has 2 rings (SSSR count). The Labute approximate surface area is 120 Å². The lowest BCUT2D eigenvalue weighted by Crippen LogP contribution is -2.51. The van der Waals surface area contributed by atoms with E-state index < -0.39 is 8.32 Å². The molecule has 0 amide bonds. The van der Waals surface area contributed by atoms with Crippen molar-refractivity contribution < 1.29 is 9.53 Å². The first-order chi connectivity index (χ1) is 8.80. The fraction of sp³-hybridized carbons (Fsp3) is 1.00. The van der Waals surface area contributed by atoms with Crippen LogP contribution in [-0.4, -0.2) is 25.6 Å². The van der Waals surface area contributed by atoms with Crippen LogP contribution < -0.4 is 0 Å². The second kappa shape index (κ2) is 5.49. The third-order valence-electron chi connectivity index (χ3n) is 5.67. The van der Waals surface area contributed by atoms with Crippen LogP contribution in [0.4, 0.5) is 0 Å². The molecule has 0 spiro atoms. The summed E-state index contributed by atoms with van der Waals surface area (Å²) >= 11 is 0. The van der Waals surface area contributed by atoms with Crippen LogP contribution in [0.2, 0.25) is 16.6 Å². The minimum Gasteiger partial charge on any atom is -0.413 e. The molecule has 0 aromatic heterocycles. The van der Waals surface area contributed by atoms with Crippen LogP contribution in [0, 0.1) is 11.8 Å². The molecule has 0 aromatic carbocycles. The largest absolute Gasteiger partial charge is 0.413 e. The van der Waals surface area contributed by atoms with Crippen molar-refractivity contribution in [3.8, 4) is 0 Å². The lowest BCUT2D eigenvalue weighted by Gasteiger charge is -2.45. The summed E-state index contributed by atoms with van der Waals surface area (Å²) in [4.78, 5) is 0. The zero-order valence-corrected chi connectivity index (χ0v) is 14.5. The maximum Gasteiger partial charge on any atom is 0.200 e. The van der Waals surface area contributed by atoms with Gasteiger partial charge in [0.1, 0.15) is 0 Å². The molecule has 3 heteroatoms. The highest BCUT2D eigenvalue weighted by atomic mass is 28.4. The van der Waals surface area contributed by atoms with Crippen molar-refractivity contribution in [3.05, 3.63) is 0 Å². The molecule has 0 radical (unpaired) electrons. The highest BCUT2D eigenvalue weighted by Gasteiger charge is 2.55. The van der Waals surface area contributed by atoms with E-state index in [4.69, 9.17) is 4.43 Å². The van der Waals surface area contributed by atoms with Crippen LogP contribution in [0.1, 0.15) is 60.8 Å². The molecule has 2 fully saturated rings. The predicted molar refractivity (Wildman–Crippen MR) is 82.8 cm³/mol. The van der Waals surface area contributed by atoms with E-state index in [0.29, 0.717) is 34.6 Å². The Hall–Kier alpha value is 0.137. The molecule has 19 heavy (non-hydrogen) atoms. The lowest BCUT2D eigenvalue weighted by molar-refractivity contribution is 0.0481. The average molecular weight is 285 g/mol. The zero-order chi connectivity index (χ0) is 14.4. The molecule has 0 aromatic rings. The molecule has 0 saturated heterocycles. The Morgan fingerprint density at radius 2 is 1.42 bits per heavy atom. The standard InChI is InChI=1S/C16H32O2Si/c1-10(2)19(11(3)4,12(5)6)18-16-8-7-15(17)13-9-14(13)16/h10-17H,7-9H2,1-6H3/t13-,14+,15+,16+/m1/s1. The van der Waals surface area contributed by atoms with Gasteiger partial charge >= 0.3 is 0 Å². The van der Waals surface area contributed by atoms with E-state index >= 15 is 0 Å². The SMILES string of the molecule is CC(C)[Si](O[C@H]1CC[C@H](O)[C@@H]2C[C@@H]21)(C(C)C)C(C)C. The van der Waals surface area contributed by atoms with Crippen LogP contribution in [0.25, 0.3) is 0 Å². The second-order valence-corrected chi connectivity index (χ2v) is 13.1. The summed E-state index contributed by atoms with van der Waals surface area (Å²) in [6.07, 6.45) is 3.61. The molecule has 0 aliphatic heterocycles. The van der Waals surface area contributed by atoms with Crippen molar-refractivity contribution in [3.63, 3.8) is 0 Å². The van der Waals surface area contributed by atoms with Crippen molar-refractivity contribution in [2.75, 3.05) is 0 Å². The van der Waals surface area contributed by atoms with Crippen molar-refractivity contribution >= 4 is 8.32 Å². The van der Waals surface area contributed by atoms with Crippen molar-refractivity contribution in [1.82, 2.24) is 0 Å². The van der Waals surface area contributed by atoms with Gasteiger partial charge in [-0.25, -0.2) is 0 Å². The summed E-state index contributed by atoms with van der Waals surface area (Å²) in [6.45, 7) is 14.1. The number of aliphatic hydroxyl groups excluding tert-OH is 1. The highest BCUT2D eigenvalue weighted by Crippen LogP contribution is 2.54. The van der Waals surface area contributed by atoms with Gasteiger partial charge in [-0.2, -0.15) is 0 Å². The fourth-order valence-electron chi connectivity index (χ4n) is 4.69. The Balaban J connectivity index is 2.13. The summed E-state index contributed by atoms with van der Waals surface area (Å²) in [5.74, 6) is 1.21. The second-order valence-electron chi connectivity index (χ2n) is 7.68. The highest BCUT2D eigenvalue weighted by molar-refractivity contribution is 6.77. The maximum atomic E-state index is 9.92. The minimum absolute atomic E-state index is 0.0435. The van der Waals surface area contributed by atoms with E-state index in [-0.39, 0.29) is 6.10 Å². The van der Waals surface area contributed by atoms with Crippen LogP contribution in [0.5, 0.6) is 0 Å². The molecule has 2 aliphatic carbocycles. The third kappa shape index (κ3) is 2.66. The summed E-state index contributed by atoms with van der Waals surface area (Å²) < 4.78 is 6.89. The molecule has 4 atom stereocenters. The van der Waals surface area contributed by atoms with Gasteiger partial charge in [0.05, 0.1) is 6.10 Å².